The molecule has 5 nitrogen and oxygen atoms in total. The van der Waals surface area contributed by atoms with E-state index in [0.717, 1.165) is 11.4 Å². The summed E-state index contributed by atoms with van der Waals surface area (Å²) in [5, 5.41) is 0.736. The number of carbonyl (C=O) groups excluding carboxylic acids is 2. The molecule has 3 rings (SSSR count). The van der Waals surface area contributed by atoms with Crippen molar-refractivity contribution in [3.8, 4) is 5.75 Å². The molecule has 1 saturated heterocycles. The van der Waals surface area contributed by atoms with E-state index in [1.807, 2.05) is 12.1 Å². The van der Waals surface area contributed by atoms with Gasteiger partial charge in [0.1, 0.15) is 11.8 Å². The van der Waals surface area contributed by atoms with Crippen molar-refractivity contribution < 1.29 is 14.3 Å². The molecule has 0 aromatic heterocycles. The Labute approximate surface area is 162 Å². The highest BCUT2D eigenvalue weighted by Gasteiger charge is 2.35. The van der Waals surface area contributed by atoms with Crippen LogP contribution in [0.25, 0.3) is 0 Å². The fourth-order valence-electron chi connectivity index (χ4n) is 2.98. The highest BCUT2D eigenvalue weighted by molar-refractivity contribution is 6.36. The maximum absolute atomic E-state index is 12.8. The number of hydrogen-bond donors (Lipinski definition) is 0. The number of hydrogen-bond acceptors (Lipinski definition) is 3. The van der Waals surface area contributed by atoms with Gasteiger partial charge >= 0.3 is 0 Å². The average Bonchev–Trinajstić information content (AvgIpc) is 2.63. The van der Waals surface area contributed by atoms with Crippen molar-refractivity contribution in [1.29, 1.82) is 0 Å². The number of piperazine rings is 1. The normalized spacial score (nSPS) is 17.4. The number of nitrogens with zero attached hydrogens (tertiary/aromatic N) is 2. The Balaban J connectivity index is 1.79. The lowest BCUT2D eigenvalue weighted by atomic mass is 10.1. The van der Waals surface area contributed by atoms with Crippen molar-refractivity contribution in [1.82, 2.24) is 4.90 Å². The Morgan fingerprint density at radius 1 is 1.12 bits per heavy atom. The summed E-state index contributed by atoms with van der Waals surface area (Å²) >= 11 is 12.0. The van der Waals surface area contributed by atoms with E-state index in [-0.39, 0.29) is 16.8 Å². The van der Waals surface area contributed by atoms with Gasteiger partial charge in [0.15, 0.2) is 0 Å². The molecule has 0 bridgehead atoms. The number of amides is 2. The fraction of sp³-hybridized carbons (Fsp3) is 0.263. The number of benzene rings is 2. The van der Waals surface area contributed by atoms with Gasteiger partial charge in [0.2, 0.25) is 5.91 Å². The molecule has 0 radical (unpaired) electrons. The summed E-state index contributed by atoms with van der Waals surface area (Å²) in [6.07, 6.45) is 0. The standard InChI is InChI=1S/C19H18Cl2N2O3/c1-12-18(24)23(14-4-6-15(26-2)7-5-14)10-9-22(12)19(25)16-8-3-13(20)11-17(16)21/h3-8,11-12H,9-10H2,1-2H3/t12-/m1/s1. The Bertz CT molecular complexity index is 839. The molecule has 1 atom stereocenters. The predicted molar refractivity (Wildman–Crippen MR) is 102 cm³/mol. The molecule has 136 valence electrons. The molecule has 1 aliphatic rings. The lowest BCUT2D eigenvalue weighted by Gasteiger charge is -2.39. The first-order valence-electron chi connectivity index (χ1n) is 8.14. The molecule has 0 spiro atoms. The summed E-state index contributed by atoms with van der Waals surface area (Å²) < 4.78 is 5.14. The van der Waals surface area contributed by atoms with Gasteiger partial charge in [-0.25, -0.2) is 0 Å². The quantitative estimate of drug-likeness (QED) is 0.796. The highest BCUT2D eigenvalue weighted by atomic mass is 35.5. The van der Waals surface area contributed by atoms with Crippen molar-refractivity contribution in [2.24, 2.45) is 0 Å². The second-order valence-corrected chi connectivity index (χ2v) is 6.83. The molecule has 1 fully saturated rings. The molecule has 0 N–H and O–H groups in total. The summed E-state index contributed by atoms with van der Waals surface area (Å²) in [5.74, 6) is 0.308. The third-order valence-electron chi connectivity index (χ3n) is 4.46. The van der Waals surface area contributed by atoms with E-state index in [0.29, 0.717) is 23.7 Å². The molecule has 1 aliphatic heterocycles. The van der Waals surface area contributed by atoms with Crippen LogP contribution in [0.4, 0.5) is 5.69 Å². The molecule has 0 unspecified atom stereocenters. The van der Waals surface area contributed by atoms with Gasteiger partial charge in [0.25, 0.3) is 5.91 Å². The topological polar surface area (TPSA) is 49.9 Å². The number of methoxy groups -OCH3 is 1. The summed E-state index contributed by atoms with van der Waals surface area (Å²) in [5.41, 5.74) is 1.12. The van der Waals surface area contributed by atoms with E-state index in [1.165, 1.54) is 11.0 Å². The van der Waals surface area contributed by atoms with Crippen molar-refractivity contribution in [2.45, 2.75) is 13.0 Å². The molecule has 2 aromatic carbocycles. The van der Waals surface area contributed by atoms with E-state index >= 15 is 0 Å². The van der Waals surface area contributed by atoms with Gasteiger partial charge in [-0.2, -0.15) is 0 Å². The Morgan fingerprint density at radius 3 is 2.42 bits per heavy atom. The third-order valence-corrected chi connectivity index (χ3v) is 5.01. The second kappa shape index (κ2) is 7.56. The molecular formula is C19H18Cl2N2O3. The number of ether oxygens (including phenoxy) is 1. The Kier molecular flexibility index (Phi) is 5.39. The minimum absolute atomic E-state index is 0.139. The van der Waals surface area contributed by atoms with Crippen molar-refractivity contribution in [3.63, 3.8) is 0 Å². The molecule has 2 aromatic rings. The number of halogens is 2. The molecule has 26 heavy (non-hydrogen) atoms. The van der Waals surface area contributed by atoms with Crippen LogP contribution in [0.15, 0.2) is 42.5 Å². The molecule has 0 saturated carbocycles. The summed E-state index contributed by atoms with van der Waals surface area (Å²) in [4.78, 5) is 28.9. The van der Waals surface area contributed by atoms with E-state index in [9.17, 15) is 9.59 Å². The largest absolute Gasteiger partial charge is 0.497 e. The van der Waals surface area contributed by atoms with Crippen LogP contribution in [-0.4, -0.2) is 43.0 Å². The lowest BCUT2D eigenvalue weighted by molar-refractivity contribution is -0.124. The Morgan fingerprint density at radius 2 is 1.81 bits per heavy atom. The smallest absolute Gasteiger partial charge is 0.256 e. The lowest BCUT2D eigenvalue weighted by Crippen LogP contribution is -2.57. The van der Waals surface area contributed by atoms with Crippen LogP contribution >= 0.6 is 23.2 Å². The number of carbonyl (C=O) groups is 2. The second-order valence-electron chi connectivity index (χ2n) is 5.99. The van der Waals surface area contributed by atoms with Gasteiger partial charge in [0, 0.05) is 23.8 Å². The van der Waals surface area contributed by atoms with Gasteiger partial charge in [-0.1, -0.05) is 23.2 Å². The van der Waals surface area contributed by atoms with Crippen LogP contribution in [0.2, 0.25) is 10.0 Å². The third kappa shape index (κ3) is 3.50. The van der Waals surface area contributed by atoms with E-state index in [4.69, 9.17) is 27.9 Å². The van der Waals surface area contributed by atoms with Crippen LogP contribution in [0.3, 0.4) is 0 Å². The average molecular weight is 393 g/mol. The first-order chi connectivity index (χ1) is 12.4. The number of rotatable bonds is 3. The molecule has 7 heteroatoms. The molecule has 1 heterocycles. The molecular weight excluding hydrogens is 375 g/mol. The zero-order valence-electron chi connectivity index (χ0n) is 14.4. The zero-order valence-corrected chi connectivity index (χ0v) is 15.9. The van der Waals surface area contributed by atoms with Gasteiger partial charge in [-0.15, -0.1) is 0 Å². The van der Waals surface area contributed by atoms with Crippen LogP contribution in [0.5, 0.6) is 5.75 Å². The first kappa shape index (κ1) is 18.5. The van der Waals surface area contributed by atoms with E-state index in [2.05, 4.69) is 0 Å². The fourth-order valence-corrected chi connectivity index (χ4v) is 3.47. The maximum Gasteiger partial charge on any atom is 0.256 e. The van der Waals surface area contributed by atoms with Gasteiger partial charge < -0.3 is 14.5 Å². The number of anilines is 1. The minimum atomic E-state index is -0.593. The van der Waals surface area contributed by atoms with E-state index in [1.54, 1.807) is 43.2 Å². The van der Waals surface area contributed by atoms with Gasteiger partial charge in [-0.05, 0) is 49.4 Å². The monoisotopic (exact) mass is 392 g/mol. The molecule has 2 amide bonds. The predicted octanol–water partition coefficient (Wildman–Crippen LogP) is 3.88. The molecule has 0 aliphatic carbocycles. The SMILES string of the molecule is COc1ccc(N2CCN(C(=O)c3ccc(Cl)cc3Cl)[C@H](C)C2=O)cc1. The first-order valence-corrected chi connectivity index (χ1v) is 8.89. The highest BCUT2D eigenvalue weighted by Crippen LogP contribution is 2.26. The van der Waals surface area contributed by atoms with E-state index < -0.39 is 6.04 Å². The summed E-state index contributed by atoms with van der Waals surface area (Å²) in [7, 11) is 1.59. The van der Waals surface area contributed by atoms with Crippen molar-refractivity contribution in [2.75, 3.05) is 25.1 Å². The van der Waals surface area contributed by atoms with Crippen LogP contribution in [0.1, 0.15) is 17.3 Å². The minimum Gasteiger partial charge on any atom is -0.497 e. The van der Waals surface area contributed by atoms with Crippen LogP contribution in [0, 0.1) is 0 Å². The van der Waals surface area contributed by atoms with Crippen LogP contribution in [-0.2, 0) is 4.79 Å². The van der Waals surface area contributed by atoms with Crippen molar-refractivity contribution >= 4 is 40.7 Å². The van der Waals surface area contributed by atoms with Gasteiger partial charge in [0.05, 0.1) is 17.7 Å². The summed E-state index contributed by atoms with van der Waals surface area (Å²) in [6.45, 7) is 2.54. The zero-order chi connectivity index (χ0) is 18.8. The summed E-state index contributed by atoms with van der Waals surface area (Å²) in [6, 6.07) is 11.4. The maximum atomic E-state index is 12.8. The van der Waals surface area contributed by atoms with Gasteiger partial charge in [-0.3, -0.25) is 9.59 Å². The van der Waals surface area contributed by atoms with Crippen molar-refractivity contribution in [3.05, 3.63) is 58.1 Å². The van der Waals surface area contributed by atoms with Crippen LogP contribution < -0.4 is 9.64 Å². The Hall–Kier alpha value is -2.24.